The summed E-state index contributed by atoms with van der Waals surface area (Å²) in [5, 5.41) is 0. The number of hydrogen-bond donors (Lipinski definition) is 0. The summed E-state index contributed by atoms with van der Waals surface area (Å²) in [6, 6.07) is 3.89. The number of carbonyl (C=O) groups is 1. The first-order valence-electron chi connectivity index (χ1n) is 6.18. The van der Waals surface area contributed by atoms with Crippen molar-refractivity contribution in [1.29, 1.82) is 0 Å². The van der Waals surface area contributed by atoms with Crippen LogP contribution in [0, 0.1) is 5.92 Å². The molecular formula is C13H8F2K2O7S2. The van der Waals surface area contributed by atoms with Crippen LogP contribution in [0.15, 0.2) is 52.3 Å². The fraction of sp³-hybridized carbons (Fsp3) is 0.154. The molecule has 0 amide bonds. The Morgan fingerprint density at radius 1 is 1.04 bits per heavy atom. The first-order chi connectivity index (χ1) is 10.8. The van der Waals surface area contributed by atoms with Crippen LogP contribution in [0.5, 0.6) is 0 Å². The molecule has 0 aliphatic heterocycles. The molecule has 2 rings (SSSR count). The fourth-order valence-corrected chi connectivity index (χ4v) is 3.28. The van der Waals surface area contributed by atoms with Crippen LogP contribution in [0.2, 0.25) is 0 Å². The molecule has 1 unspecified atom stereocenters. The van der Waals surface area contributed by atoms with Gasteiger partial charge in [-0.3, -0.25) is 4.79 Å². The van der Waals surface area contributed by atoms with E-state index in [1.807, 2.05) is 0 Å². The molecule has 0 radical (unpaired) electrons. The van der Waals surface area contributed by atoms with Gasteiger partial charge in [0.2, 0.25) is 0 Å². The molecule has 0 bridgehead atoms. The molecule has 1 atom stereocenters. The summed E-state index contributed by atoms with van der Waals surface area (Å²) >= 11 is 0. The number of Topliss-reactive ketones (excluding diaryl/α,β-unsaturated/α-hetero) is 1. The molecule has 0 saturated heterocycles. The third-order valence-electron chi connectivity index (χ3n) is 3.15. The predicted octanol–water partition coefficient (Wildman–Crippen LogP) is -4.97. The Morgan fingerprint density at radius 3 is 2.12 bits per heavy atom. The van der Waals surface area contributed by atoms with Crippen LogP contribution >= 0.6 is 0 Å². The van der Waals surface area contributed by atoms with E-state index in [0.29, 0.717) is 12.2 Å². The Morgan fingerprint density at radius 2 is 1.62 bits per heavy atom. The predicted molar refractivity (Wildman–Crippen MR) is 74.1 cm³/mol. The first kappa shape index (κ1) is 27.3. The van der Waals surface area contributed by atoms with E-state index >= 15 is 0 Å². The Kier molecular flexibility index (Phi) is 10.4. The summed E-state index contributed by atoms with van der Waals surface area (Å²) in [5.74, 6) is -6.52. The summed E-state index contributed by atoms with van der Waals surface area (Å²) < 4.78 is 92.5. The van der Waals surface area contributed by atoms with Crippen LogP contribution < -0.4 is 103 Å². The SMILES string of the molecule is O=C(c1cccc(S(=O)(=O)[O-])c1)C1C=CC(F)(F)C(S(=O)(=O)[O-])=C1.[K+].[K+]. The van der Waals surface area contributed by atoms with Crippen LogP contribution in [0.3, 0.4) is 0 Å². The first-order valence-corrected chi connectivity index (χ1v) is 8.99. The number of rotatable bonds is 4. The van der Waals surface area contributed by atoms with E-state index in [4.69, 9.17) is 0 Å². The number of benzene rings is 1. The topological polar surface area (TPSA) is 131 Å². The average Bonchev–Trinajstić information content (AvgIpc) is 2.44. The van der Waals surface area contributed by atoms with Gasteiger partial charge in [0.05, 0.1) is 10.8 Å². The van der Waals surface area contributed by atoms with Crippen LogP contribution in [-0.4, -0.2) is 37.6 Å². The van der Waals surface area contributed by atoms with Crippen molar-refractivity contribution in [2.45, 2.75) is 10.8 Å². The Bertz CT molecular complexity index is 970. The van der Waals surface area contributed by atoms with Crippen molar-refractivity contribution >= 4 is 26.0 Å². The molecule has 0 N–H and O–H groups in total. The Labute approximate surface area is 233 Å². The quantitative estimate of drug-likeness (QED) is 0.192. The molecule has 0 saturated carbocycles. The molecule has 0 aromatic heterocycles. The van der Waals surface area contributed by atoms with Crippen molar-refractivity contribution in [3.63, 3.8) is 0 Å². The van der Waals surface area contributed by atoms with E-state index in [-0.39, 0.29) is 114 Å². The molecule has 7 nitrogen and oxygen atoms in total. The molecule has 1 aromatic rings. The third-order valence-corrected chi connectivity index (χ3v) is 4.93. The van der Waals surface area contributed by atoms with Crippen molar-refractivity contribution in [1.82, 2.24) is 0 Å². The maximum atomic E-state index is 13.5. The summed E-state index contributed by atoms with van der Waals surface area (Å²) in [5.41, 5.74) is -0.314. The smallest absolute Gasteiger partial charge is 0.744 e. The van der Waals surface area contributed by atoms with E-state index < -0.39 is 47.7 Å². The minimum Gasteiger partial charge on any atom is -0.744 e. The number of carbonyl (C=O) groups excluding carboxylic acids is 1. The molecule has 0 heterocycles. The van der Waals surface area contributed by atoms with Crippen molar-refractivity contribution in [3.05, 3.63) is 53.0 Å². The third kappa shape index (κ3) is 6.69. The Hall–Kier alpha value is 1.32. The van der Waals surface area contributed by atoms with Gasteiger partial charge in [-0.25, -0.2) is 16.8 Å². The molecule has 0 fully saturated rings. The molecule has 130 valence electrons. The van der Waals surface area contributed by atoms with E-state index in [2.05, 4.69) is 0 Å². The zero-order valence-corrected chi connectivity index (χ0v) is 21.4. The molecule has 1 aliphatic carbocycles. The summed E-state index contributed by atoms with van der Waals surface area (Å²) in [6.07, 6.45) is 1.10. The van der Waals surface area contributed by atoms with Crippen LogP contribution in [0.25, 0.3) is 0 Å². The van der Waals surface area contributed by atoms with Crippen LogP contribution in [0.4, 0.5) is 8.78 Å². The fourth-order valence-electron chi connectivity index (χ4n) is 2.05. The van der Waals surface area contributed by atoms with Gasteiger partial charge < -0.3 is 9.11 Å². The van der Waals surface area contributed by atoms with Crippen molar-refractivity contribution in [2.75, 3.05) is 0 Å². The largest absolute Gasteiger partial charge is 1.00 e. The van der Waals surface area contributed by atoms with E-state index in [9.17, 15) is 39.5 Å². The second-order valence-electron chi connectivity index (χ2n) is 4.84. The maximum absolute atomic E-state index is 13.5. The van der Waals surface area contributed by atoms with Crippen molar-refractivity contribution < 1.29 is 142 Å². The van der Waals surface area contributed by atoms with Gasteiger partial charge in [-0.1, -0.05) is 18.2 Å². The van der Waals surface area contributed by atoms with Gasteiger partial charge in [0.15, 0.2) is 5.78 Å². The van der Waals surface area contributed by atoms with Gasteiger partial charge in [0, 0.05) is 5.56 Å². The van der Waals surface area contributed by atoms with E-state index in [1.165, 1.54) is 0 Å². The summed E-state index contributed by atoms with van der Waals surface area (Å²) in [7, 11) is -10.3. The van der Waals surface area contributed by atoms with E-state index in [0.717, 1.165) is 24.3 Å². The molecule has 1 aliphatic rings. The zero-order valence-electron chi connectivity index (χ0n) is 13.5. The standard InChI is InChI=1S/C13H10F2O7S2.2K/c14-13(15)5-4-9(7-11(13)24(20,21)22)12(16)8-2-1-3-10(6-8)23(17,18)19;;/h1-7,9H,(H,17,18,19)(H,20,21,22);;/q;2*+1/p-2. The normalized spacial score (nSPS) is 18.9. The van der Waals surface area contributed by atoms with Crippen LogP contribution in [0.1, 0.15) is 10.4 Å². The second kappa shape index (κ2) is 9.88. The molecule has 0 spiro atoms. The monoisotopic (exact) mass is 456 g/mol. The second-order valence-corrected chi connectivity index (χ2v) is 7.57. The number of allylic oxidation sites excluding steroid dienone is 4. The maximum Gasteiger partial charge on any atom is 1.00 e. The summed E-state index contributed by atoms with van der Waals surface area (Å²) in [6.45, 7) is 0. The summed E-state index contributed by atoms with van der Waals surface area (Å²) in [4.78, 5) is 9.76. The van der Waals surface area contributed by atoms with Gasteiger partial charge >= 0.3 is 109 Å². The molecular weight excluding hydrogens is 448 g/mol. The minimum atomic E-state index is -5.50. The number of ketones is 1. The molecule has 13 heteroatoms. The van der Waals surface area contributed by atoms with Crippen LogP contribution in [-0.2, 0) is 20.2 Å². The number of halogens is 2. The van der Waals surface area contributed by atoms with Gasteiger partial charge in [0.1, 0.15) is 25.1 Å². The van der Waals surface area contributed by atoms with Gasteiger partial charge in [-0.15, -0.1) is 0 Å². The van der Waals surface area contributed by atoms with Crippen molar-refractivity contribution in [3.8, 4) is 0 Å². The average molecular weight is 457 g/mol. The van der Waals surface area contributed by atoms with Gasteiger partial charge in [0.25, 0.3) is 0 Å². The van der Waals surface area contributed by atoms with Gasteiger partial charge in [-0.2, -0.15) is 8.78 Å². The zero-order chi connectivity index (χ0) is 18.3. The van der Waals surface area contributed by atoms with Crippen molar-refractivity contribution in [2.24, 2.45) is 5.92 Å². The number of hydrogen-bond acceptors (Lipinski definition) is 7. The van der Waals surface area contributed by atoms with E-state index in [1.54, 1.807) is 0 Å². The minimum absolute atomic E-state index is 0. The Balaban J connectivity index is 0.00000312. The number of alkyl halides is 2. The molecule has 26 heavy (non-hydrogen) atoms. The molecule has 1 aromatic carbocycles. The van der Waals surface area contributed by atoms with Gasteiger partial charge in [-0.05, 0) is 24.3 Å².